The zero-order chi connectivity index (χ0) is 16.8. The Balaban J connectivity index is 1.65. The van der Waals surface area contributed by atoms with Crippen LogP contribution < -0.4 is 10.6 Å². The van der Waals surface area contributed by atoms with Gasteiger partial charge in [-0.2, -0.15) is 0 Å². The Morgan fingerprint density at radius 1 is 1.35 bits per heavy atom. The number of rotatable bonds is 6. The van der Waals surface area contributed by atoms with E-state index in [4.69, 9.17) is 4.74 Å². The molecule has 2 amide bonds. The second kappa shape index (κ2) is 8.64. The summed E-state index contributed by atoms with van der Waals surface area (Å²) in [5.41, 5.74) is 1.04. The average molecular weight is 340 g/mol. The molecular weight excluding hydrogens is 310 g/mol. The topological polar surface area (TPSA) is 63.2 Å². The van der Waals surface area contributed by atoms with Gasteiger partial charge >= 0.3 is 6.03 Å². The number of hydrogen-bond acceptors (Lipinski definition) is 4. The Kier molecular flexibility index (Phi) is 6.84. The number of hydrogen-bond donors (Lipinski definition) is 2. The molecule has 1 fully saturated rings. The Labute approximate surface area is 143 Å². The van der Waals surface area contributed by atoms with Crippen LogP contribution in [-0.4, -0.2) is 35.8 Å². The van der Waals surface area contributed by atoms with Gasteiger partial charge in [0.25, 0.3) is 0 Å². The van der Waals surface area contributed by atoms with Crippen molar-refractivity contribution in [3.8, 4) is 0 Å². The van der Waals surface area contributed by atoms with Crippen LogP contribution in [0.15, 0.2) is 5.38 Å². The molecule has 1 saturated carbocycles. The first-order valence-electron chi connectivity index (χ1n) is 8.56. The van der Waals surface area contributed by atoms with E-state index in [0.29, 0.717) is 12.6 Å². The predicted octanol–water partition coefficient (Wildman–Crippen LogP) is 3.59. The summed E-state index contributed by atoms with van der Waals surface area (Å²) in [5.74, 6) is 0.245. The van der Waals surface area contributed by atoms with Crippen molar-refractivity contribution < 1.29 is 9.53 Å². The molecule has 0 aromatic carbocycles. The largest absolute Gasteiger partial charge is 0.376 e. The Morgan fingerprint density at radius 2 is 2.04 bits per heavy atom. The third kappa shape index (κ3) is 6.11. The van der Waals surface area contributed by atoms with Crippen LogP contribution in [0, 0.1) is 6.92 Å². The maximum Gasteiger partial charge on any atom is 0.315 e. The number of amides is 2. The van der Waals surface area contributed by atoms with E-state index in [1.807, 2.05) is 12.3 Å². The number of ether oxygens (including phenoxy) is 1. The van der Waals surface area contributed by atoms with Crippen molar-refractivity contribution in [2.45, 2.75) is 77.5 Å². The van der Waals surface area contributed by atoms with Gasteiger partial charge in [0, 0.05) is 29.6 Å². The zero-order valence-corrected chi connectivity index (χ0v) is 15.4. The quantitative estimate of drug-likeness (QED) is 0.832. The first kappa shape index (κ1) is 18.2. The molecule has 6 heteroatoms. The molecule has 0 aliphatic heterocycles. The van der Waals surface area contributed by atoms with Crippen LogP contribution in [0.1, 0.15) is 63.1 Å². The molecule has 2 N–H and O–H groups in total. The summed E-state index contributed by atoms with van der Waals surface area (Å²) in [6.07, 6.45) is 4.67. The van der Waals surface area contributed by atoms with E-state index in [1.165, 1.54) is 0 Å². The second-order valence-corrected chi connectivity index (χ2v) is 7.63. The molecule has 1 aromatic heterocycles. The molecule has 5 nitrogen and oxygen atoms in total. The normalized spacial score (nSPS) is 22.8. The Morgan fingerprint density at radius 3 is 2.61 bits per heavy atom. The third-order valence-electron chi connectivity index (χ3n) is 4.10. The number of aromatic nitrogens is 1. The highest BCUT2D eigenvalue weighted by Gasteiger charge is 2.23. The van der Waals surface area contributed by atoms with Crippen LogP contribution in [0.4, 0.5) is 4.79 Å². The molecule has 1 aliphatic rings. The van der Waals surface area contributed by atoms with E-state index in [1.54, 1.807) is 11.3 Å². The van der Waals surface area contributed by atoms with Gasteiger partial charge in [-0.1, -0.05) is 6.92 Å². The molecule has 0 bridgehead atoms. The SMILES string of the molecule is Cc1csc([C@@H](C)CNC(=O)NC2CCC(OC(C)C)CC2)n1. The summed E-state index contributed by atoms with van der Waals surface area (Å²) in [4.78, 5) is 16.5. The summed E-state index contributed by atoms with van der Waals surface area (Å²) in [7, 11) is 0. The number of nitrogens with one attached hydrogen (secondary N) is 2. The number of nitrogens with zero attached hydrogens (tertiary/aromatic N) is 1. The van der Waals surface area contributed by atoms with E-state index in [2.05, 4.69) is 36.4 Å². The summed E-state index contributed by atoms with van der Waals surface area (Å²) in [5, 5.41) is 9.17. The molecule has 0 unspecified atom stereocenters. The van der Waals surface area contributed by atoms with Crippen LogP contribution in [-0.2, 0) is 4.74 Å². The smallest absolute Gasteiger partial charge is 0.315 e. The van der Waals surface area contributed by atoms with Crippen molar-refractivity contribution in [1.82, 2.24) is 15.6 Å². The average Bonchev–Trinajstić information content (AvgIpc) is 2.93. The van der Waals surface area contributed by atoms with Crippen LogP contribution in [0.3, 0.4) is 0 Å². The molecule has 23 heavy (non-hydrogen) atoms. The lowest BCUT2D eigenvalue weighted by molar-refractivity contribution is -0.0155. The fourth-order valence-electron chi connectivity index (χ4n) is 2.90. The van der Waals surface area contributed by atoms with Gasteiger partial charge in [0.2, 0.25) is 0 Å². The van der Waals surface area contributed by atoms with E-state index < -0.39 is 0 Å². The monoisotopic (exact) mass is 339 g/mol. The second-order valence-electron chi connectivity index (χ2n) is 6.74. The van der Waals surface area contributed by atoms with E-state index >= 15 is 0 Å². The van der Waals surface area contributed by atoms with Crippen molar-refractivity contribution in [1.29, 1.82) is 0 Å². The van der Waals surface area contributed by atoms with Crippen LogP contribution in [0.5, 0.6) is 0 Å². The predicted molar refractivity (Wildman–Crippen MR) is 94.1 cm³/mol. The molecule has 130 valence electrons. The minimum Gasteiger partial charge on any atom is -0.376 e. The molecule has 1 aliphatic carbocycles. The minimum absolute atomic E-state index is 0.0710. The van der Waals surface area contributed by atoms with Gasteiger partial charge in [-0.25, -0.2) is 9.78 Å². The zero-order valence-electron chi connectivity index (χ0n) is 14.6. The highest BCUT2D eigenvalue weighted by atomic mass is 32.1. The molecular formula is C17H29N3O2S. The molecule has 0 saturated heterocycles. The summed E-state index contributed by atoms with van der Waals surface area (Å²) in [6, 6.07) is 0.192. The van der Waals surface area contributed by atoms with Crippen molar-refractivity contribution in [2.75, 3.05) is 6.54 Å². The lowest BCUT2D eigenvalue weighted by Gasteiger charge is -2.30. The number of carbonyl (C=O) groups is 1. The molecule has 2 rings (SSSR count). The summed E-state index contributed by atoms with van der Waals surface area (Å²) in [6.45, 7) is 8.84. The highest BCUT2D eigenvalue weighted by molar-refractivity contribution is 7.09. The van der Waals surface area contributed by atoms with Gasteiger partial charge in [0.15, 0.2) is 0 Å². The summed E-state index contributed by atoms with van der Waals surface area (Å²) < 4.78 is 5.84. The fraction of sp³-hybridized carbons (Fsp3) is 0.765. The van der Waals surface area contributed by atoms with Gasteiger partial charge < -0.3 is 15.4 Å². The molecule has 0 spiro atoms. The number of thiazole rings is 1. The molecule has 1 atom stereocenters. The first-order valence-corrected chi connectivity index (χ1v) is 9.44. The van der Waals surface area contributed by atoms with E-state index in [0.717, 1.165) is 36.4 Å². The number of urea groups is 1. The fourth-order valence-corrected chi connectivity index (χ4v) is 3.75. The molecule has 1 heterocycles. The van der Waals surface area contributed by atoms with Crippen molar-refractivity contribution in [3.63, 3.8) is 0 Å². The van der Waals surface area contributed by atoms with Gasteiger partial charge in [0.1, 0.15) is 0 Å². The van der Waals surface area contributed by atoms with Gasteiger partial charge in [-0.05, 0) is 46.5 Å². The van der Waals surface area contributed by atoms with E-state index in [9.17, 15) is 4.79 Å². The van der Waals surface area contributed by atoms with Crippen molar-refractivity contribution >= 4 is 17.4 Å². The van der Waals surface area contributed by atoms with Crippen molar-refractivity contribution in [2.24, 2.45) is 0 Å². The maximum absolute atomic E-state index is 12.0. The Bertz CT molecular complexity index is 496. The Hall–Kier alpha value is -1.14. The number of carbonyl (C=O) groups excluding carboxylic acids is 1. The van der Waals surface area contributed by atoms with Gasteiger partial charge in [-0.15, -0.1) is 11.3 Å². The van der Waals surface area contributed by atoms with E-state index in [-0.39, 0.29) is 24.1 Å². The van der Waals surface area contributed by atoms with Crippen LogP contribution in [0.25, 0.3) is 0 Å². The van der Waals surface area contributed by atoms with Crippen molar-refractivity contribution in [3.05, 3.63) is 16.1 Å². The molecule has 0 radical (unpaired) electrons. The summed E-state index contributed by atoms with van der Waals surface area (Å²) >= 11 is 1.65. The molecule has 1 aromatic rings. The first-order chi connectivity index (χ1) is 10.9. The maximum atomic E-state index is 12.0. The van der Waals surface area contributed by atoms with Gasteiger partial charge in [-0.3, -0.25) is 0 Å². The number of aryl methyl sites for hydroxylation is 1. The van der Waals surface area contributed by atoms with Crippen LogP contribution in [0.2, 0.25) is 0 Å². The highest BCUT2D eigenvalue weighted by Crippen LogP contribution is 2.22. The lowest BCUT2D eigenvalue weighted by atomic mass is 9.93. The lowest BCUT2D eigenvalue weighted by Crippen LogP contribution is -2.45. The standard InChI is InChI=1S/C17H29N3O2S/c1-11(2)22-15-7-5-14(6-8-15)20-17(21)18-9-12(3)16-19-13(4)10-23-16/h10-12,14-15H,5-9H2,1-4H3,(H2,18,20,21)/t12-,14?,15?/m0/s1. The van der Waals surface area contributed by atoms with Crippen LogP contribution >= 0.6 is 11.3 Å². The minimum atomic E-state index is -0.0710. The van der Waals surface area contributed by atoms with Gasteiger partial charge in [0.05, 0.1) is 17.2 Å². The third-order valence-corrected chi connectivity index (χ3v) is 5.30.